The monoisotopic (exact) mass is 447 g/mol. The van der Waals surface area contributed by atoms with E-state index < -0.39 is 5.91 Å². The highest BCUT2D eigenvalue weighted by molar-refractivity contribution is 8.01. The molecule has 2 heterocycles. The largest absolute Gasteiger partial charge is 0.296 e. The van der Waals surface area contributed by atoms with Gasteiger partial charge in [0.2, 0.25) is 0 Å². The van der Waals surface area contributed by atoms with Crippen LogP contribution in [0.5, 0.6) is 0 Å². The Morgan fingerprint density at radius 1 is 1.16 bits per heavy atom. The predicted molar refractivity (Wildman–Crippen MR) is 123 cm³/mol. The second-order valence-electron chi connectivity index (χ2n) is 6.64. The van der Waals surface area contributed by atoms with Crippen molar-refractivity contribution in [1.29, 1.82) is 5.26 Å². The molecule has 2 aromatic heterocycles. The van der Waals surface area contributed by atoms with Crippen molar-refractivity contribution in [3.8, 4) is 6.07 Å². The Balaban J connectivity index is 1.71. The van der Waals surface area contributed by atoms with Crippen molar-refractivity contribution in [2.24, 2.45) is 0 Å². The second-order valence-corrected chi connectivity index (χ2v) is 8.88. The molecule has 0 aliphatic heterocycles. The van der Waals surface area contributed by atoms with Crippen LogP contribution in [0.2, 0.25) is 0 Å². The van der Waals surface area contributed by atoms with E-state index in [0.717, 1.165) is 15.5 Å². The Morgan fingerprint density at radius 2 is 1.87 bits per heavy atom. The van der Waals surface area contributed by atoms with Crippen LogP contribution in [-0.2, 0) is 6.54 Å². The van der Waals surface area contributed by atoms with E-state index in [1.807, 2.05) is 37.3 Å². The average Bonchev–Trinajstić information content (AvgIpc) is 3.13. The van der Waals surface area contributed by atoms with E-state index in [-0.39, 0.29) is 17.8 Å². The zero-order chi connectivity index (χ0) is 21.8. The zero-order valence-electron chi connectivity index (χ0n) is 16.5. The van der Waals surface area contributed by atoms with E-state index in [9.17, 15) is 9.59 Å². The quantitative estimate of drug-likeness (QED) is 0.447. The minimum absolute atomic E-state index is 0.158. The Kier molecular flexibility index (Phi) is 6.11. The molecule has 4 aromatic rings. The Morgan fingerprint density at radius 3 is 2.61 bits per heavy atom. The molecule has 2 aromatic carbocycles. The van der Waals surface area contributed by atoms with Crippen molar-refractivity contribution in [2.75, 3.05) is 11.1 Å². The van der Waals surface area contributed by atoms with Crippen LogP contribution in [-0.4, -0.2) is 26.4 Å². The molecule has 0 radical (unpaired) electrons. The van der Waals surface area contributed by atoms with Crippen LogP contribution in [0, 0.1) is 18.3 Å². The lowest BCUT2D eigenvalue weighted by Crippen LogP contribution is -2.28. The van der Waals surface area contributed by atoms with Gasteiger partial charge in [-0.2, -0.15) is 10.4 Å². The first-order chi connectivity index (χ1) is 15.1. The lowest BCUT2D eigenvalue weighted by Gasteiger charge is -2.10. The number of rotatable bonds is 6. The first-order valence-corrected chi connectivity index (χ1v) is 11.2. The Hall–Kier alpha value is -3.48. The van der Waals surface area contributed by atoms with Crippen molar-refractivity contribution in [3.05, 3.63) is 81.9 Å². The Labute approximate surface area is 186 Å². The molecular formula is C22H17N5O2S2. The van der Waals surface area contributed by atoms with Crippen molar-refractivity contribution in [3.63, 3.8) is 0 Å². The van der Waals surface area contributed by atoms with Gasteiger partial charge in [0, 0.05) is 5.39 Å². The number of aromatic nitrogens is 3. The maximum atomic E-state index is 13.1. The fourth-order valence-electron chi connectivity index (χ4n) is 3.09. The van der Waals surface area contributed by atoms with Gasteiger partial charge in [0.15, 0.2) is 10.8 Å². The van der Waals surface area contributed by atoms with E-state index >= 15 is 0 Å². The SMILES string of the molecule is Cc1nc(NC(=O)c2nn(Cc3ccccc3)c(=O)c3ccccc23)sc1SCC#N. The molecular weight excluding hydrogens is 430 g/mol. The first-order valence-electron chi connectivity index (χ1n) is 9.39. The number of hydrogen-bond donors (Lipinski definition) is 1. The molecule has 0 atom stereocenters. The summed E-state index contributed by atoms with van der Waals surface area (Å²) in [5.74, 6) is -0.129. The van der Waals surface area contributed by atoms with Gasteiger partial charge in [-0.25, -0.2) is 9.67 Å². The molecule has 0 spiro atoms. The lowest BCUT2D eigenvalue weighted by molar-refractivity contribution is 0.102. The van der Waals surface area contributed by atoms with Gasteiger partial charge < -0.3 is 0 Å². The number of thiazole rings is 1. The molecule has 9 heteroatoms. The molecule has 31 heavy (non-hydrogen) atoms. The first kappa shape index (κ1) is 20.8. The topological polar surface area (TPSA) is 101 Å². The lowest BCUT2D eigenvalue weighted by atomic mass is 10.1. The van der Waals surface area contributed by atoms with Crippen molar-refractivity contribution >= 4 is 44.9 Å². The maximum Gasteiger partial charge on any atom is 0.278 e. The van der Waals surface area contributed by atoms with Gasteiger partial charge in [0.05, 0.1) is 33.7 Å². The summed E-state index contributed by atoms with van der Waals surface area (Å²) in [6.07, 6.45) is 0. The highest BCUT2D eigenvalue weighted by Gasteiger charge is 2.19. The van der Waals surface area contributed by atoms with Gasteiger partial charge in [0.1, 0.15) is 0 Å². The van der Waals surface area contributed by atoms with E-state index in [1.165, 1.54) is 27.8 Å². The van der Waals surface area contributed by atoms with E-state index in [1.54, 1.807) is 24.3 Å². The summed E-state index contributed by atoms with van der Waals surface area (Å²) >= 11 is 2.69. The minimum atomic E-state index is -0.441. The standard InChI is InChI=1S/C22H17N5O2S2/c1-14-21(30-12-11-23)31-22(24-14)25-19(28)18-16-9-5-6-10-17(16)20(29)27(26-18)13-15-7-3-2-4-8-15/h2-10H,12-13H2,1H3,(H,24,25,28). The summed E-state index contributed by atoms with van der Waals surface area (Å²) in [5, 5.41) is 17.3. The van der Waals surface area contributed by atoms with Gasteiger partial charge in [-0.15, -0.1) is 0 Å². The number of fused-ring (bicyclic) bond motifs is 1. The fourth-order valence-corrected chi connectivity index (χ4v) is 4.89. The third-order valence-electron chi connectivity index (χ3n) is 4.50. The van der Waals surface area contributed by atoms with Gasteiger partial charge in [0.25, 0.3) is 11.5 Å². The summed E-state index contributed by atoms with van der Waals surface area (Å²) < 4.78 is 2.19. The fraction of sp³-hybridized carbons (Fsp3) is 0.136. The smallest absolute Gasteiger partial charge is 0.278 e. The molecule has 0 bridgehead atoms. The summed E-state index contributed by atoms with van der Waals surface area (Å²) in [6.45, 7) is 2.09. The molecule has 0 fully saturated rings. The number of nitrogens with zero attached hydrogens (tertiary/aromatic N) is 4. The number of anilines is 1. The summed E-state index contributed by atoms with van der Waals surface area (Å²) in [6, 6.07) is 18.5. The van der Waals surface area contributed by atoms with E-state index in [0.29, 0.717) is 21.7 Å². The predicted octanol–water partition coefficient (Wildman–Crippen LogP) is 4.08. The third kappa shape index (κ3) is 4.50. The Bertz CT molecular complexity index is 1360. The summed E-state index contributed by atoms with van der Waals surface area (Å²) in [4.78, 5) is 30.4. The van der Waals surface area contributed by atoms with Crippen LogP contribution in [0.3, 0.4) is 0 Å². The molecule has 0 saturated carbocycles. The van der Waals surface area contributed by atoms with E-state index in [4.69, 9.17) is 5.26 Å². The number of nitriles is 1. The molecule has 4 rings (SSSR count). The van der Waals surface area contributed by atoms with Crippen molar-refractivity contribution in [2.45, 2.75) is 17.7 Å². The molecule has 154 valence electrons. The van der Waals surface area contributed by atoms with Crippen molar-refractivity contribution < 1.29 is 4.79 Å². The minimum Gasteiger partial charge on any atom is -0.296 e. The number of carbonyl (C=O) groups excluding carboxylic acids is 1. The molecule has 0 aliphatic carbocycles. The molecule has 1 N–H and O–H groups in total. The molecule has 0 unspecified atom stereocenters. The van der Waals surface area contributed by atoms with Crippen LogP contribution in [0.4, 0.5) is 5.13 Å². The number of nitrogens with one attached hydrogen (secondary N) is 1. The number of aryl methyl sites for hydroxylation is 1. The molecule has 7 nitrogen and oxygen atoms in total. The van der Waals surface area contributed by atoms with E-state index in [2.05, 4.69) is 21.5 Å². The number of amides is 1. The van der Waals surface area contributed by atoms with Gasteiger partial charge in [-0.1, -0.05) is 71.6 Å². The highest BCUT2D eigenvalue weighted by Crippen LogP contribution is 2.32. The van der Waals surface area contributed by atoms with Crippen LogP contribution in [0.15, 0.2) is 63.6 Å². The third-order valence-corrected chi connectivity index (χ3v) is 6.80. The number of hydrogen-bond acceptors (Lipinski definition) is 7. The molecule has 1 amide bonds. The normalized spacial score (nSPS) is 10.7. The van der Waals surface area contributed by atoms with Gasteiger partial charge in [-0.3, -0.25) is 14.9 Å². The zero-order valence-corrected chi connectivity index (χ0v) is 18.2. The maximum absolute atomic E-state index is 13.1. The van der Waals surface area contributed by atoms with Crippen LogP contribution >= 0.6 is 23.1 Å². The van der Waals surface area contributed by atoms with Gasteiger partial charge in [-0.05, 0) is 18.6 Å². The molecule has 0 saturated heterocycles. The summed E-state index contributed by atoms with van der Waals surface area (Å²) in [7, 11) is 0. The van der Waals surface area contributed by atoms with Crippen LogP contribution in [0.25, 0.3) is 10.8 Å². The van der Waals surface area contributed by atoms with Crippen LogP contribution < -0.4 is 10.9 Å². The van der Waals surface area contributed by atoms with Gasteiger partial charge >= 0.3 is 0 Å². The summed E-state index contributed by atoms with van der Waals surface area (Å²) in [5.41, 5.74) is 1.57. The number of carbonyl (C=O) groups is 1. The average molecular weight is 448 g/mol. The van der Waals surface area contributed by atoms with Crippen LogP contribution in [0.1, 0.15) is 21.7 Å². The number of thioether (sulfide) groups is 1. The molecule has 0 aliphatic rings. The van der Waals surface area contributed by atoms with Crippen molar-refractivity contribution in [1.82, 2.24) is 14.8 Å². The number of benzene rings is 2. The highest BCUT2D eigenvalue weighted by atomic mass is 32.2. The second kappa shape index (κ2) is 9.12.